The van der Waals surface area contributed by atoms with Gasteiger partial charge in [0.2, 0.25) is 0 Å². The molecule has 0 bridgehead atoms. The van der Waals surface area contributed by atoms with Crippen molar-refractivity contribution in [3.63, 3.8) is 0 Å². The van der Waals surface area contributed by atoms with E-state index in [1.165, 1.54) is 32.2 Å². The molecule has 0 saturated heterocycles. The fourth-order valence-corrected chi connectivity index (χ4v) is 1.54. The molecule has 0 aromatic heterocycles. The van der Waals surface area contributed by atoms with Gasteiger partial charge in [0.1, 0.15) is 5.82 Å². The number of esters is 1. The lowest BCUT2D eigenvalue weighted by Gasteiger charge is -2.20. The van der Waals surface area contributed by atoms with Crippen LogP contribution in [0, 0.1) is 5.82 Å². The standard InChI is InChI=1S/C11H12ClFO3/c1-11(15,10(14)16-2)6-7-3-4-9(13)8(12)5-7/h3-5,15H,6H2,1-2H3. The quantitative estimate of drug-likeness (QED) is 0.830. The second-order valence-electron chi connectivity index (χ2n) is 3.69. The minimum absolute atomic E-state index is 0.0136. The molecule has 0 aliphatic rings. The molecule has 1 unspecified atom stereocenters. The highest BCUT2D eigenvalue weighted by molar-refractivity contribution is 6.30. The van der Waals surface area contributed by atoms with E-state index < -0.39 is 17.4 Å². The first-order chi connectivity index (χ1) is 7.36. The Labute approximate surface area is 97.8 Å². The van der Waals surface area contributed by atoms with Crippen molar-refractivity contribution < 1.29 is 19.0 Å². The summed E-state index contributed by atoms with van der Waals surface area (Å²) >= 11 is 5.58. The van der Waals surface area contributed by atoms with Crippen molar-refractivity contribution in [2.45, 2.75) is 18.9 Å². The van der Waals surface area contributed by atoms with Crippen molar-refractivity contribution in [2.75, 3.05) is 7.11 Å². The van der Waals surface area contributed by atoms with Crippen LogP contribution < -0.4 is 0 Å². The Morgan fingerprint density at radius 3 is 2.75 bits per heavy atom. The summed E-state index contributed by atoms with van der Waals surface area (Å²) in [5, 5.41) is 9.74. The van der Waals surface area contributed by atoms with E-state index in [9.17, 15) is 14.3 Å². The van der Waals surface area contributed by atoms with Gasteiger partial charge in [0.25, 0.3) is 0 Å². The SMILES string of the molecule is COC(=O)C(C)(O)Cc1ccc(F)c(Cl)c1. The molecule has 0 aliphatic carbocycles. The number of methoxy groups -OCH3 is 1. The maximum absolute atomic E-state index is 12.9. The van der Waals surface area contributed by atoms with E-state index in [2.05, 4.69) is 4.74 Å². The van der Waals surface area contributed by atoms with Crippen LogP contribution in [0.4, 0.5) is 4.39 Å². The summed E-state index contributed by atoms with van der Waals surface area (Å²) in [6.07, 6.45) is 0.0136. The lowest BCUT2D eigenvalue weighted by Crippen LogP contribution is -2.38. The van der Waals surface area contributed by atoms with E-state index in [0.29, 0.717) is 5.56 Å². The van der Waals surface area contributed by atoms with E-state index in [4.69, 9.17) is 11.6 Å². The van der Waals surface area contributed by atoms with Gasteiger partial charge in [-0.1, -0.05) is 17.7 Å². The number of aliphatic hydroxyl groups is 1. The lowest BCUT2D eigenvalue weighted by atomic mass is 9.97. The van der Waals surface area contributed by atoms with Gasteiger partial charge in [0.05, 0.1) is 12.1 Å². The third-order valence-electron chi connectivity index (χ3n) is 2.16. The number of hydrogen-bond donors (Lipinski definition) is 1. The first-order valence-corrected chi connectivity index (χ1v) is 4.99. The highest BCUT2D eigenvalue weighted by Gasteiger charge is 2.31. The fourth-order valence-electron chi connectivity index (χ4n) is 1.34. The maximum atomic E-state index is 12.9. The minimum Gasteiger partial charge on any atom is -0.467 e. The molecule has 1 N–H and O–H groups in total. The molecule has 1 aromatic carbocycles. The van der Waals surface area contributed by atoms with E-state index in [0.717, 1.165) is 0 Å². The fraction of sp³-hybridized carbons (Fsp3) is 0.364. The van der Waals surface area contributed by atoms with Crippen LogP contribution in [0.5, 0.6) is 0 Å². The number of carbonyl (C=O) groups is 1. The Morgan fingerprint density at radius 2 is 2.25 bits per heavy atom. The molecule has 0 radical (unpaired) electrons. The number of halogens is 2. The molecule has 16 heavy (non-hydrogen) atoms. The Kier molecular flexibility index (Phi) is 3.88. The molecule has 88 valence electrons. The summed E-state index contributed by atoms with van der Waals surface area (Å²) in [5.74, 6) is -1.28. The van der Waals surface area contributed by atoms with E-state index >= 15 is 0 Å². The highest BCUT2D eigenvalue weighted by Crippen LogP contribution is 2.20. The summed E-state index contributed by atoms with van der Waals surface area (Å²) in [5.41, 5.74) is -1.09. The normalized spacial score (nSPS) is 14.3. The van der Waals surface area contributed by atoms with Crippen LogP contribution in [0.1, 0.15) is 12.5 Å². The summed E-state index contributed by atoms with van der Waals surface area (Å²) in [7, 11) is 1.19. The van der Waals surface area contributed by atoms with Crippen LogP contribution in [0.15, 0.2) is 18.2 Å². The lowest BCUT2D eigenvalue weighted by molar-refractivity contribution is -0.160. The molecule has 0 saturated carbocycles. The molecule has 0 amide bonds. The van der Waals surface area contributed by atoms with Crippen LogP contribution in [-0.2, 0) is 16.0 Å². The van der Waals surface area contributed by atoms with Gasteiger partial charge in [-0.05, 0) is 24.6 Å². The van der Waals surface area contributed by atoms with Crippen LogP contribution in [0.25, 0.3) is 0 Å². The zero-order valence-electron chi connectivity index (χ0n) is 8.96. The molecular weight excluding hydrogens is 235 g/mol. The Balaban J connectivity index is 2.88. The second kappa shape index (κ2) is 4.80. The molecule has 5 heteroatoms. The molecule has 3 nitrogen and oxygen atoms in total. The number of ether oxygens (including phenoxy) is 1. The summed E-state index contributed by atoms with van der Waals surface area (Å²) in [4.78, 5) is 11.2. The average molecular weight is 247 g/mol. The highest BCUT2D eigenvalue weighted by atomic mass is 35.5. The maximum Gasteiger partial charge on any atom is 0.337 e. The van der Waals surface area contributed by atoms with Crippen molar-refractivity contribution in [2.24, 2.45) is 0 Å². The molecule has 0 aliphatic heterocycles. The van der Waals surface area contributed by atoms with Gasteiger partial charge in [-0.25, -0.2) is 9.18 Å². The van der Waals surface area contributed by atoms with Gasteiger partial charge in [-0.15, -0.1) is 0 Å². The Morgan fingerprint density at radius 1 is 1.62 bits per heavy atom. The monoisotopic (exact) mass is 246 g/mol. The third kappa shape index (κ3) is 2.93. The van der Waals surface area contributed by atoms with Crippen LogP contribution in [0.3, 0.4) is 0 Å². The summed E-state index contributed by atoms with van der Waals surface area (Å²) in [6.45, 7) is 1.33. The van der Waals surface area contributed by atoms with Gasteiger partial charge in [-0.2, -0.15) is 0 Å². The van der Waals surface area contributed by atoms with Crippen molar-refractivity contribution in [3.8, 4) is 0 Å². The largest absolute Gasteiger partial charge is 0.467 e. The topological polar surface area (TPSA) is 46.5 Å². The molecular formula is C11H12ClFO3. The van der Waals surface area contributed by atoms with Crippen molar-refractivity contribution in [3.05, 3.63) is 34.6 Å². The molecule has 0 spiro atoms. The van der Waals surface area contributed by atoms with Gasteiger partial charge in [0.15, 0.2) is 5.60 Å². The summed E-state index contributed by atoms with van der Waals surface area (Å²) < 4.78 is 17.3. The molecule has 1 rings (SSSR count). The van der Waals surface area contributed by atoms with Crippen LogP contribution >= 0.6 is 11.6 Å². The zero-order valence-corrected chi connectivity index (χ0v) is 9.71. The number of carbonyl (C=O) groups excluding carboxylic acids is 1. The van der Waals surface area contributed by atoms with E-state index in [-0.39, 0.29) is 11.4 Å². The molecule has 0 heterocycles. The van der Waals surface area contributed by atoms with Crippen molar-refractivity contribution in [1.29, 1.82) is 0 Å². The number of benzene rings is 1. The first kappa shape index (κ1) is 12.9. The van der Waals surface area contributed by atoms with Gasteiger partial charge < -0.3 is 9.84 Å². The van der Waals surface area contributed by atoms with Crippen molar-refractivity contribution in [1.82, 2.24) is 0 Å². The molecule has 1 atom stereocenters. The van der Waals surface area contributed by atoms with Gasteiger partial charge in [-0.3, -0.25) is 0 Å². The predicted octanol–water partition coefficient (Wildman–Crippen LogP) is 1.95. The van der Waals surface area contributed by atoms with E-state index in [1.54, 1.807) is 0 Å². The number of hydrogen-bond acceptors (Lipinski definition) is 3. The number of rotatable bonds is 3. The first-order valence-electron chi connectivity index (χ1n) is 4.61. The van der Waals surface area contributed by atoms with Crippen LogP contribution in [-0.4, -0.2) is 23.8 Å². The third-order valence-corrected chi connectivity index (χ3v) is 2.45. The van der Waals surface area contributed by atoms with Crippen LogP contribution in [0.2, 0.25) is 5.02 Å². The Bertz CT molecular complexity index is 404. The van der Waals surface area contributed by atoms with Crippen molar-refractivity contribution >= 4 is 17.6 Å². The van der Waals surface area contributed by atoms with E-state index in [1.807, 2.05) is 0 Å². The molecule has 0 fully saturated rings. The van der Waals surface area contributed by atoms with Gasteiger partial charge >= 0.3 is 5.97 Å². The zero-order chi connectivity index (χ0) is 12.3. The molecule has 1 aromatic rings. The predicted molar refractivity (Wildman–Crippen MR) is 57.8 cm³/mol. The minimum atomic E-state index is -1.64. The summed E-state index contributed by atoms with van der Waals surface area (Å²) in [6, 6.07) is 4.01. The average Bonchev–Trinajstić information content (AvgIpc) is 2.22. The second-order valence-corrected chi connectivity index (χ2v) is 4.10. The van der Waals surface area contributed by atoms with Gasteiger partial charge in [0, 0.05) is 6.42 Å². The smallest absolute Gasteiger partial charge is 0.337 e. The Hall–Kier alpha value is -1.13.